The summed E-state index contributed by atoms with van der Waals surface area (Å²) in [5.74, 6) is 1.96. The maximum Gasteiger partial charge on any atom is 0.164 e. The van der Waals surface area contributed by atoms with Gasteiger partial charge in [-0.15, -0.1) is 0 Å². The Hall–Kier alpha value is -5.87. The fraction of sp³-hybridized carbons (Fsp3) is 0.188. The Morgan fingerprint density at radius 1 is 0.385 bits per heavy atom. The van der Waals surface area contributed by atoms with E-state index in [0.717, 1.165) is 22.4 Å². The first-order valence-corrected chi connectivity index (χ1v) is 18.2. The molecule has 0 N–H and O–H groups in total. The number of benzene rings is 6. The topological polar surface area (TPSA) is 43.6 Å². The van der Waals surface area contributed by atoms with Crippen molar-refractivity contribution >= 4 is 21.8 Å². The molecule has 8 aromatic rings. The lowest BCUT2D eigenvalue weighted by atomic mass is 9.59. The lowest BCUT2D eigenvalue weighted by Crippen LogP contribution is -2.42. The second kappa shape index (κ2) is 11.6. The van der Waals surface area contributed by atoms with Crippen LogP contribution in [0.15, 0.2) is 146 Å². The van der Waals surface area contributed by atoms with E-state index in [1.54, 1.807) is 0 Å². The Morgan fingerprint density at radius 3 is 1.44 bits per heavy atom. The van der Waals surface area contributed by atoms with Crippen molar-refractivity contribution in [3.05, 3.63) is 157 Å². The molecule has 0 amide bonds. The average molecular weight is 675 g/mol. The molecule has 52 heavy (non-hydrogen) atoms. The van der Waals surface area contributed by atoms with Crippen molar-refractivity contribution < 1.29 is 0 Å². The Bertz CT molecular complexity index is 2570. The van der Waals surface area contributed by atoms with Crippen LogP contribution < -0.4 is 0 Å². The molecule has 0 spiro atoms. The molecule has 254 valence electrons. The fourth-order valence-electron chi connectivity index (χ4n) is 8.36. The smallest absolute Gasteiger partial charge is 0.164 e. The first-order valence-electron chi connectivity index (χ1n) is 18.2. The molecule has 6 aromatic carbocycles. The summed E-state index contributed by atoms with van der Waals surface area (Å²) in [5.41, 5.74) is 11.6. The lowest BCUT2D eigenvalue weighted by Gasteiger charge is -2.44. The van der Waals surface area contributed by atoms with E-state index in [2.05, 4.69) is 155 Å². The van der Waals surface area contributed by atoms with Crippen LogP contribution in [0.25, 0.3) is 72.8 Å². The van der Waals surface area contributed by atoms with E-state index in [0.29, 0.717) is 17.5 Å². The van der Waals surface area contributed by atoms with E-state index in [-0.39, 0.29) is 16.2 Å². The van der Waals surface area contributed by atoms with E-state index >= 15 is 0 Å². The van der Waals surface area contributed by atoms with Crippen molar-refractivity contribution in [1.82, 2.24) is 19.5 Å². The van der Waals surface area contributed by atoms with E-state index in [9.17, 15) is 0 Å². The van der Waals surface area contributed by atoms with Crippen molar-refractivity contribution in [3.63, 3.8) is 0 Å². The summed E-state index contributed by atoms with van der Waals surface area (Å²) in [7, 11) is 0. The molecule has 4 nitrogen and oxygen atoms in total. The molecule has 4 heteroatoms. The predicted octanol–water partition coefficient (Wildman–Crippen LogP) is 12.2. The van der Waals surface area contributed by atoms with Crippen molar-refractivity contribution in [3.8, 4) is 51.0 Å². The number of rotatable bonds is 5. The molecule has 2 aromatic heterocycles. The highest BCUT2D eigenvalue weighted by atomic mass is 15.0. The zero-order valence-electron chi connectivity index (χ0n) is 30.6. The standard InChI is InChI=1S/C48H42N4/c1-46(2)39-29-38-37-28-34(31-17-10-7-11-18-31)25-26-41(37)52(42(38)30-40(39)47(3,4)48(46,5)6)36-24-16-23-35(27-36)45-50-43(32-19-12-8-13-20-32)49-44(51-45)33-21-14-9-15-22-33/h7-30H,1-6H3. The van der Waals surface area contributed by atoms with Gasteiger partial charge in [-0.1, -0.05) is 151 Å². The lowest BCUT2D eigenvalue weighted by molar-refractivity contribution is 0.125. The molecule has 0 aliphatic heterocycles. The van der Waals surface area contributed by atoms with Crippen LogP contribution in [0.5, 0.6) is 0 Å². The Kier molecular flexibility index (Phi) is 7.14. The SMILES string of the molecule is CC1(C)c2cc3c4cc(-c5ccccc5)ccc4n(-c4cccc(-c5nc(-c6ccccc6)nc(-c6ccccc6)n5)c4)c3cc2C(C)(C)C1(C)C. The van der Waals surface area contributed by atoms with Gasteiger partial charge in [0.05, 0.1) is 11.0 Å². The van der Waals surface area contributed by atoms with Crippen LogP contribution in [0, 0.1) is 5.41 Å². The summed E-state index contributed by atoms with van der Waals surface area (Å²) in [5, 5.41) is 2.53. The van der Waals surface area contributed by atoms with Gasteiger partial charge in [0.25, 0.3) is 0 Å². The van der Waals surface area contributed by atoms with Crippen LogP contribution in [0.4, 0.5) is 0 Å². The summed E-state index contributed by atoms with van der Waals surface area (Å²) >= 11 is 0. The van der Waals surface area contributed by atoms with Gasteiger partial charge in [-0.25, -0.2) is 15.0 Å². The molecule has 1 aliphatic rings. The molecule has 0 saturated heterocycles. The maximum atomic E-state index is 5.06. The van der Waals surface area contributed by atoms with Gasteiger partial charge in [0.1, 0.15) is 0 Å². The number of fused-ring (bicyclic) bond motifs is 4. The minimum absolute atomic E-state index is 0.00297. The van der Waals surface area contributed by atoms with Gasteiger partial charge in [-0.05, 0) is 74.9 Å². The van der Waals surface area contributed by atoms with E-state index < -0.39 is 0 Å². The first-order chi connectivity index (χ1) is 25.0. The summed E-state index contributed by atoms with van der Waals surface area (Å²) in [4.78, 5) is 15.0. The molecule has 2 heterocycles. The van der Waals surface area contributed by atoms with Gasteiger partial charge in [0.15, 0.2) is 17.5 Å². The molecule has 0 bridgehead atoms. The molecular formula is C48H42N4. The third-order valence-corrected chi connectivity index (χ3v) is 12.5. The number of hydrogen-bond acceptors (Lipinski definition) is 3. The van der Waals surface area contributed by atoms with Crippen molar-refractivity contribution in [2.24, 2.45) is 5.41 Å². The van der Waals surface area contributed by atoms with Crippen LogP contribution in [-0.2, 0) is 10.8 Å². The zero-order valence-corrected chi connectivity index (χ0v) is 30.6. The van der Waals surface area contributed by atoms with Gasteiger partial charge >= 0.3 is 0 Å². The monoisotopic (exact) mass is 674 g/mol. The highest BCUT2D eigenvalue weighted by molar-refractivity contribution is 6.11. The largest absolute Gasteiger partial charge is 0.309 e. The number of aromatic nitrogens is 4. The van der Waals surface area contributed by atoms with Crippen LogP contribution in [0.2, 0.25) is 0 Å². The Balaban J connectivity index is 1.29. The molecule has 0 atom stereocenters. The van der Waals surface area contributed by atoms with Gasteiger partial charge in [0, 0.05) is 33.2 Å². The third kappa shape index (κ3) is 4.77. The molecule has 0 saturated carbocycles. The highest BCUT2D eigenvalue weighted by Crippen LogP contribution is 2.62. The van der Waals surface area contributed by atoms with E-state index in [1.165, 1.54) is 44.1 Å². The molecular weight excluding hydrogens is 633 g/mol. The third-order valence-electron chi connectivity index (χ3n) is 12.5. The fourth-order valence-corrected chi connectivity index (χ4v) is 8.36. The molecule has 0 fully saturated rings. The quantitative estimate of drug-likeness (QED) is 0.182. The van der Waals surface area contributed by atoms with Crippen LogP contribution in [0.1, 0.15) is 52.7 Å². The van der Waals surface area contributed by atoms with Gasteiger partial charge < -0.3 is 4.57 Å². The van der Waals surface area contributed by atoms with Crippen LogP contribution in [-0.4, -0.2) is 19.5 Å². The highest BCUT2D eigenvalue weighted by Gasteiger charge is 2.57. The number of nitrogens with zero attached hydrogens (tertiary/aromatic N) is 4. The normalized spacial score (nSPS) is 15.6. The minimum Gasteiger partial charge on any atom is -0.309 e. The average Bonchev–Trinajstić information content (AvgIpc) is 3.55. The Labute approximate surface area is 305 Å². The van der Waals surface area contributed by atoms with Crippen LogP contribution >= 0.6 is 0 Å². The van der Waals surface area contributed by atoms with Crippen molar-refractivity contribution in [2.75, 3.05) is 0 Å². The first kappa shape index (κ1) is 32.1. The molecule has 9 rings (SSSR count). The number of hydrogen-bond donors (Lipinski definition) is 0. The summed E-state index contributed by atoms with van der Waals surface area (Å²) in [6.07, 6.45) is 0. The van der Waals surface area contributed by atoms with Crippen molar-refractivity contribution in [2.45, 2.75) is 52.4 Å². The molecule has 1 aliphatic carbocycles. The van der Waals surface area contributed by atoms with Gasteiger partial charge in [-0.3, -0.25) is 0 Å². The summed E-state index contributed by atoms with van der Waals surface area (Å²) in [6.45, 7) is 14.6. The molecule has 0 unspecified atom stereocenters. The molecule has 0 radical (unpaired) electrons. The second-order valence-electron chi connectivity index (χ2n) is 15.8. The summed E-state index contributed by atoms with van der Waals surface area (Å²) < 4.78 is 2.44. The predicted molar refractivity (Wildman–Crippen MR) is 216 cm³/mol. The Morgan fingerprint density at radius 2 is 0.865 bits per heavy atom. The maximum absolute atomic E-state index is 5.06. The van der Waals surface area contributed by atoms with E-state index in [4.69, 9.17) is 15.0 Å². The van der Waals surface area contributed by atoms with Gasteiger partial charge in [-0.2, -0.15) is 0 Å². The zero-order chi connectivity index (χ0) is 35.8. The second-order valence-corrected chi connectivity index (χ2v) is 15.8. The van der Waals surface area contributed by atoms with E-state index in [1.807, 2.05) is 36.4 Å². The van der Waals surface area contributed by atoms with Gasteiger partial charge in [0.2, 0.25) is 0 Å². The van der Waals surface area contributed by atoms with Crippen molar-refractivity contribution in [1.29, 1.82) is 0 Å². The minimum atomic E-state index is -0.0229. The van der Waals surface area contributed by atoms with Crippen LogP contribution in [0.3, 0.4) is 0 Å². The summed E-state index contributed by atoms with van der Waals surface area (Å²) in [6, 6.07) is 51.6.